The van der Waals surface area contributed by atoms with Crippen molar-refractivity contribution < 1.29 is 4.74 Å². The van der Waals surface area contributed by atoms with E-state index in [0.717, 1.165) is 12.1 Å². The molecule has 4 heterocycles. The van der Waals surface area contributed by atoms with Crippen LogP contribution >= 0.6 is 12.4 Å². The van der Waals surface area contributed by atoms with E-state index in [9.17, 15) is 4.79 Å². The van der Waals surface area contributed by atoms with Crippen molar-refractivity contribution in [1.29, 1.82) is 0 Å². The molecule has 0 aliphatic carbocycles. The fourth-order valence-corrected chi connectivity index (χ4v) is 4.45. The van der Waals surface area contributed by atoms with Gasteiger partial charge in [-0.15, -0.1) is 12.4 Å². The Hall–Kier alpha value is -2.81. The summed E-state index contributed by atoms with van der Waals surface area (Å²) in [6.07, 6.45) is 5.66. The number of benzene rings is 1. The predicted octanol–water partition coefficient (Wildman–Crippen LogP) is 2.83. The Labute approximate surface area is 199 Å². The summed E-state index contributed by atoms with van der Waals surface area (Å²) in [5.74, 6) is 0.630. The molecule has 0 amide bonds. The first-order valence-corrected chi connectivity index (χ1v) is 11.2. The summed E-state index contributed by atoms with van der Waals surface area (Å²) < 4.78 is 7.68. The van der Waals surface area contributed by atoms with Crippen LogP contribution in [0.2, 0.25) is 0 Å². The highest BCUT2D eigenvalue weighted by atomic mass is 35.5. The second-order valence-corrected chi connectivity index (χ2v) is 8.46. The zero-order valence-electron chi connectivity index (χ0n) is 18.8. The van der Waals surface area contributed by atoms with Gasteiger partial charge in [0.1, 0.15) is 12.4 Å². The van der Waals surface area contributed by atoms with Crippen molar-refractivity contribution in [1.82, 2.24) is 24.4 Å². The first kappa shape index (κ1) is 23.4. The lowest BCUT2D eigenvalue weighted by atomic mass is 10.1. The lowest BCUT2D eigenvalue weighted by Crippen LogP contribution is -2.41. The zero-order chi connectivity index (χ0) is 21.9. The van der Waals surface area contributed by atoms with Gasteiger partial charge in [0, 0.05) is 32.4 Å². The van der Waals surface area contributed by atoms with Gasteiger partial charge in [-0.3, -0.25) is 14.3 Å². The second kappa shape index (κ2) is 10.4. The van der Waals surface area contributed by atoms with Gasteiger partial charge in [-0.25, -0.2) is 15.0 Å². The molecular formula is C24H29ClN6O2. The third-order valence-corrected chi connectivity index (χ3v) is 6.26. The smallest absolute Gasteiger partial charge is 0.255 e. The summed E-state index contributed by atoms with van der Waals surface area (Å²) in [5.41, 5.74) is 3.57. The minimum absolute atomic E-state index is 0. The molecular weight excluding hydrogens is 440 g/mol. The van der Waals surface area contributed by atoms with E-state index in [2.05, 4.69) is 44.0 Å². The van der Waals surface area contributed by atoms with Gasteiger partial charge in [0.05, 0.1) is 24.5 Å². The number of aromatic nitrogens is 4. The maximum Gasteiger partial charge on any atom is 0.255 e. The molecule has 0 bridgehead atoms. The maximum atomic E-state index is 12.6. The maximum absolute atomic E-state index is 12.6. The second-order valence-electron chi connectivity index (χ2n) is 8.46. The third-order valence-electron chi connectivity index (χ3n) is 6.26. The van der Waals surface area contributed by atoms with Gasteiger partial charge in [0.15, 0.2) is 0 Å². The van der Waals surface area contributed by atoms with Crippen molar-refractivity contribution in [2.24, 2.45) is 7.05 Å². The van der Waals surface area contributed by atoms with E-state index in [0.29, 0.717) is 37.0 Å². The molecule has 8 nitrogen and oxygen atoms in total. The molecule has 0 saturated carbocycles. The van der Waals surface area contributed by atoms with Crippen molar-refractivity contribution >= 4 is 18.4 Å². The summed E-state index contributed by atoms with van der Waals surface area (Å²) in [6.45, 7) is 5.30. The molecule has 2 saturated heterocycles. The van der Waals surface area contributed by atoms with Crippen LogP contribution in [0.25, 0.3) is 11.4 Å². The van der Waals surface area contributed by atoms with Gasteiger partial charge in [0.2, 0.25) is 5.95 Å². The topological polar surface area (TPSA) is 76.4 Å². The number of rotatable bonds is 5. The number of nitrogens with zero attached hydrogens (tertiary/aromatic N) is 6. The molecule has 2 aromatic heterocycles. The number of morpholine rings is 1. The monoisotopic (exact) mass is 468 g/mol. The fourth-order valence-electron chi connectivity index (χ4n) is 4.45. The summed E-state index contributed by atoms with van der Waals surface area (Å²) in [7, 11) is 1.76. The highest BCUT2D eigenvalue weighted by Crippen LogP contribution is 2.26. The molecule has 0 N–H and O–H groups in total. The van der Waals surface area contributed by atoms with Gasteiger partial charge in [-0.1, -0.05) is 24.3 Å². The van der Waals surface area contributed by atoms with Crippen LogP contribution in [0.1, 0.15) is 30.1 Å². The summed E-state index contributed by atoms with van der Waals surface area (Å²) in [6, 6.07) is 12.0. The van der Waals surface area contributed by atoms with E-state index < -0.39 is 0 Å². The Morgan fingerprint density at radius 2 is 1.85 bits per heavy atom. The molecule has 5 rings (SSSR count). The summed E-state index contributed by atoms with van der Waals surface area (Å²) >= 11 is 0. The molecule has 9 heteroatoms. The van der Waals surface area contributed by atoms with E-state index >= 15 is 0 Å². The van der Waals surface area contributed by atoms with E-state index in [-0.39, 0.29) is 24.1 Å². The minimum atomic E-state index is -0.113. The van der Waals surface area contributed by atoms with Crippen LogP contribution in [0, 0.1) is 0 Å². The highest BCUT2D eigenvalue weighted by Gasteiger charge is 2.25. The fraction of sp³-hybridized carbons (Fsp3) is 0.417. The summed E-state index contributed by atoms with van der Waals surface area (Å²) in [5, 5.41) is 0. The number of hydrogen-bond donors (Lipinski definition) is 0. The normalized spacial score (nSPS) is 18.8. The van der Waals surface area contributed by atoms with Crippen LogP contribution in [-0.2, 0) is 18.3 Å². The molecule has 174 valence electrons. The Kier molecular flexibility index (Phi) is 7.37. The van der Waals surface area contributed by atoms with E-state index in [1.54, 1.807) is 23.9 Å². The van der Waals surface area contributed by atoms with Crippen LogP contribution in [0.15, 0.2) is 53.7 Å². The van der Waals surface area contributed by atoms with Crippen LogP contribution in [0.5, 0.6) is 0 Å². The van der Waals surface area contributed by atoms with Crippen LogP contribution in [0.4, 0.5) is 5.95 Å². The van der Waals surface area contributed by atoms with Crippen molar-refractivity contribution in [2.75, 3.05) is 37.7 Å². The van der Waals surface area contributed by atoms with Crippen LogP contribution in [0.3, 0.4) is 0 Å². The SMILES string of the molecule is Cl.Cn1c(N2CCOC(c3ccc(CN4CCCC4)cc3)C2)nc(-c2ccncn2)cc1=O. The Morgan fingerprint density at radius 1 is 1.06 bits per heavy atom. The predicted molar refractivity (Wildman–Crippen MR) is 130 cm³/mol. The van der Waals surface area contributed by atoms with Crippen molar-refractivity contribution in [2.45, 2.75) is 25.5 Å². The van der Waals surface area contributed by atoms with Crippen LogP contribution < -0.4 is 10.5 Å². The van der Waals surface area contributed by atoms with Gasteiger partial charge in [-0.2, -0.15) is 0 Å². The van der Waals surface area contributed by atoms with Gasteiger partial charge < -0.3 is 9.64 Å². The first-order chi connectivity index (χ1) is 15.7. The lowest BCUT2D eigenvalue weighted by Gasteiger charge is -2.34. The van der Waals surface area contributed by atoms with E-state index in [4.69, 9.17) is 9.72 Å². The largest absolute Gasteiger partial charge is 0.370 e. The first-order valence-electron chi connectivity index (χ1n) is 11.2. The molecule has 3 aromatic rings. The number of hydrogen-bond acceptors (Lipinski definition) is 7. The third kappa shape index (κ3) is 5.24. The minimum Gasteiger partial charge on any atom is -0.370 e. The zero-order valence-corrected chi connectivity index (χ0v) is 19.6. The van der Waals surface area contributed by atoms with Gasteiger partial charge in [-0.05, 0) is 43.1 Å². The molecule has 2 aliphatic rings. The number of ether oxygens (including phenoxy) is 1. The van der Waals surface area contributed by atoms with E-state index in [1.807, 2.05) is 0 Å². The highest BCUT2D eigenvalue weighted by molar-refractivity contribution is 5.85. The van der Waals surface area contributed by atoms with Crippen molar-refractivity contribution in [3.63, 3.8) is 0 Å². The average Bonchev–Trinajstić information content (AvgIpc) is 3.35. The Balaban J connectivity index is 0.00000259. The molecule has 0 radical (unpaired) electrons. The van der Waals surface area contributed by atoms with Gasteiger partial charge >= 0.3 is 0 Å². The van der Waals surface area contributed by atoms with Gasteiger partial charge in [0.25, 0.3) is 5.56 Å². The molecule has 1 atom stereocenters. The molecule has 2 fully saturated rings. The number of anilines is 1. The number of likely N-dealkylation sites (tertiary alicyclic amines) is 1. The average molecular weight is 469 g/mol. The Bertz CT molecular complexity index is 1120. The molecule has 33 heavy (non-hydrogen) atoms. The van der Waals surface area contributed by atoms with Crippen molar-refractivity contribution in [3.8, 4) is 11.4 Å². The lowest BCUT2D eigenvalue weighted by molar-refractivity contribution is 0.0389. The molecule has 1 unspecified atom stereocenters. The number of halogens is 1. The molecule has 1 aromatic carbocycles. The van der Waals surface area contributed by atoms with Crippen molar-refractivity contribution in [3.05, 3.63) is 70.4 Å². The van der Waals surface area contributed by atoms with Crippen LogP contribution in [-0.4, -0.2) is 57.2 Å². The Morgan fingerprint density at radius 3 is 2.58 bits per heavy atom. The molecule has 0 spiro atoms. The van der Waals surface area contributed by atoms with E-state index in [1.165, 1.54) is 43.9 Å². The quantitative estimate of drug-likeness (QED) is 0.569. The molecule has 2 aliphatic heterocycles. The summed E-state index contributed by atoms with van der Waals surface area (Å²) in [4.78, 5) is 30.2. The standard InChI is InChI=1S/C24H28N6O2.ClH/c1-28-23(31)14-21(20-8-9-25-17-26-20)27-24(28)30-12-13-32-22(16-30)19-6-4-18(5-7-19)15-29-10-2-3-11-29;/h4-9,14,17,22H,2-3,10-13,15-16H2,1H3;1H.